The summed E-state index contributed by atoms with van der Waals surface area (Å²) in [5.74, 6) is 2.09. The quantitative estimate of drug-likeness (QED) is 0.762. The van der Waals surface area contributed by atoms with Crippen molar-refractivity contribution >= 4 is 33.3 Å². The number of ether oxygens (including phenoxy) is 1. The van der Waals surface area contributed by atoms with Crippen molar-refractivity contribution in [3.8, 4) is 0 Å². The molecule has 2 saturated heterocycles. The molecule has 0 spiro atoms. The highest BCUT2D eigenvalue weighted by Gasteiger charge is 2.27. The maximum absolute atomic E-state index is 12.5. The maximum Gasteiger partial charge on any atom is 0.236 e. The Labute approximate surface area is 175 Å². The molecule has 7 nitrogen and oxygen atoms in total. The number of amides is 1. The van der Waals surface area contributed by atoms with Gasteiger partial charge in [0.25, 0.3) is 0 Å². The highest BCUT2D eigenvalue weighted by Crippen LogP contribution is 2.40. The number of morpholine rings is 1. The van der Waals surface area contributed by atoms with Crippen molar-refractivity contribution in [2.24, 2.45) is 5.92 Å². The molecular formula is C21H29N5O2S. The summed E-state index contributed by atoms with van der Waals surface area (Å²) in [5, 5.41) is 1.29. The average molecular weight is 416 g/mol. The lowest BCUT2D eigenvalue weighted by Crippen LogP contribution is -2.51. The zero-order chi connectivity index (χ0) is 19.8. The van der Waals surface area contributed by atoms with Gasteiger partial charge in [0, 0.05) is 44.1 Å². The van der Waals surface area contributed by atoms with Gasteiger partial charge < -0.3 is 14.5 Å². The van der Waals surface area contributed by atoms with Crippen LogP contribution in [0.3, 0.4) is 0 Å². The molecule has 2 aromatic rings. The summed E-state index contributed by atoms with van der Waals surface area (Å²) < 4.78 is 5.35. The van der Waals surface area contributed by atoms with Crippen molar-refractivity contribution in [2.75, 3.05) is 63.9 Å². The van der Waals surface area contributed by atoms with Crippen LogP contribution in [0.15, 0.2) is 6.33 Å². The number of nitrogens with zero attached hydrogens (tertiary/aromatic N) is 5. The molecule has 0 N–H and O–H groups in total. The van der Waals surface area contributed by atoms with Gasteiger partial charge in [0.05, 0.1) is 25.1 Å². The maximum atomic E-state index is 12.5. The van der Waals surface area contributed by atoms with Crippen molar-refractivity contribution in [2.45, 2.75) is 26.2 Å². The number of aryl methyl sites for hydroxylation is 1. The summed E-state index contributed by atoms with van der Waals surface area (Å²) in [6.45, 7) is 9.22. The molecule has 0 aromatic carbocycles. The summed E-state index contributed by atoms with van der Waals surface area (Å²) >= 11 is 1.86. The van der Waals surface area contributed by atoms with Crippen LogP contribution in [-0.4, -0.2) is 84.7 Å². The Hall–Kier alpha value is -1.77. The summed E-state index contributed by atoms with van der Waals surface area (Å²) in [6, 6.07) is 0. The smallest absolute Gasteiger partial charge is 0.236 e. The molecule has 1 atom stereocenters. The van der Waals surface area contributed by atoms with E-state index < -0.39 is 0 Å². The molecule has 1 amide bonds. The normalized spacial score (nSPS) is 23.4. The number of piperazine rings is 1. The van der Waals surface area contributed by atoms with Gasteiger partial charge in [-0.3, -0.25) is 9.69 Å². The van der Waals surface area contributed by atoms with E-state index in [4.69, 9.17) is 9.72 Å². The van der Waals surface area contributed by atoms with Crippen molar-refractivity contribution in [3.05, 3.63) is 16.8 Å². The lowest BCUT2D eigenvalue weighted by Gasteiger charge is -2.36. The Kier molecular flexibility index (Phi) is 5.41. The minimum Gasteiger partial charge on any atom is -0.378 e. The van der Waals surface area contributed by atoms with E-state index in [2.05, 4.69) is 21.7 Å². The molecule has 0 bridgehead atoms. The molecule has 2 aromatic heterocycles. The second kappa shape index (κ2) is 8.16. The fourth-order valence-corrected chi connectivity index (χ4v) is 6.07. The molecule has 29 heavy (non-hydrogen) atoms. The lowest BCUT2D eigenvalue weighted by molar-refractivity contribution is -0.136. The van der Waals surface area contributed by atoms with Gasteiger partial charge in [0.2, 0.25) is 5.91 Å². The third kappa shape index (κ3) is 3.85. The fourth-order valence-electron chi connectivity index (χ4n) is 4.72. The van der Waals surface area contributed by atoms with E-state index in [1.54, 1.807) is 6.33 Å². The van der Waals surface area contributed by atoms with Crippen LogP contribution in [0, 0.1) is 5.92 Å². The van der Waals surface area contributed by atoms with Crippen molar-refractivity contribution in [1.29, 1.82) is 0 Å². The van der Waals surface area contributed by atoms with Gasteiger partial charge in [-0.2, -0.15) is 0 Å². The molecule has 0 saturated carbocycles. The van der Waals surface area contributed by atoms with Gasteiger partial charge in [-0.1, -0.05) is 6.92 Å². The lowest BCUT2D eigenvalue weighted by atomic mass is 9.89. The van der Waals surface area contributed by atoms with Gasteiger partial charge in [0.15, 0.2) is 0 Å². The van der Waals surface area contributed by atoms with Gasteiger partial charge >= 0.3 is 0 Å². The molecule has 156 valence electrons. The molecule has 3 aliphatic rings. The number of carbonyl (C=O) groups excluding carboxylic acids is 1. The molecule has 2 aliphatic heterocycles. The molecule has 8 heteroatoms. The Morgan fingerprint density at radius 2 is 1.97 bits per heavy atom. The van der Waals surface area contributed by atoms with Crippen LogP contribution in [0.1, 0.15) is 23.8 Å². The highest BCUT2D eigenvalue weighted by atomic mass is 32.1. The number of hydrogen-bond acceptors (Lipinski definition) is 7. The fraction of sp³-hybridized carbons (Fsp3) is 0.667. The first-order chi connectivity index (χ1) is 14.2. The van der Waals surface area contributed by atoms with Gasteiger partial charge in [-0.15, -0.1) is 11.3 Å². The van der Waals surface area contributed by atoms with Crippen LogP contribution < -0.4 is 4.90 Å². The molecule has 0 radical (unpaired) electrons. The van der Waals surface area contributed by atoms with Crippen LogP contribution in [0.4, 0.5) is 5.82 Å². The number of aromatic nitrogens is 2. The van der Waals surface area contributed by atoms with Crippen molar-refractivity contribution in [3.63, 3.8) is 0 Å². The van der Waals surface area contributed by atoms with Crippen molar-refractivity contribution < 1.29 is 9.53 Å². The van der Waals surface area contributed by atoms with E-state index in [1.807, 2.05) is 16.2 Å². The standard InChI is InChI=1S/C21H29N5O2S/c1-15-2-3-16-17(12-15)29-21-19(16)20(22-14-23-21)26-6-4-24(5-7-26)13-18(27)25-8-10-28-11-9-25/h14-15H,2-13H2,1H3. The van der Waals surface area contributed by atoms with E-state index in [1.165, 1.54) is 28.7 Å². The summed E-state index contributed by atoms with van der Waals surface area (Å²) in [6.07, 6.45) is 5.29. The van der Waals surface area contributed by atoms with E-state index >= 15 is 0 Å². The van der Waals surface area contributed by atoms with Gasteiger partial charge in [0.1, 0.15) is 17.0 Å². The number of carbonyl (C=O) groups is 1. The largest absolute Gasteiger partial charge is 0.378 e. The van der Waals surface area contributed by atoms with E-state index in [0.29, 0.717) is 19.8 Å². The van der Waals surface area contributed by atoms with Crippen LogP contribution >= 0.6 is 11.3 Å². The summed E-state index contributed by atoms with van der Waals surface area (Å²) in [5.41, 5.74) is 1.49. The second-order valence-electron chi connectivity index (χ2n) is 8.49. The van der Waals surface area contributed by atoms with E-state index in [0.717, 1.165) is 62.3 Å². The molecule has 5 rings (SSSR count). The minimum absolute atomic E-state index is 0.229. The first-order valence-electron chi connectivity index (χ1n) is 10.8. The Morgan fingerprint density at radius 1 is 1.17 bits per heavy atom. The molecule has 1 unspecified atom stereocenters. The SMILES string of the molecule is CC1CCc2c(sc3ncnc(N4CCN(CC(=O)N5CCOCC5)CC4)c23)C1. The second-order valence-corrected chi connectivity index (χ2v) is 9.57. The number of thiophene rings is 1. The first-order valence-corrected chi connectivity index (χ1v) is 11.6. The molecule has 4 heterocycles. The molecule has 2 fully saturated rings. The predicted octanol–water partition coefficient (Wildman–Crippen LogP) is 1.80. The minimum atomic E-state index is 0.229. The zero-order valence-electron chi connectivity index (χ0n) is 17.1. The van der Waals surface area contributed by atoms with Crippen molar-refractivity contribution in [1.82, 2.24) is 19.8 Å². The first kappa shape index (κ1) is 19.2. The van der Waals surface area contributed by atoms with E-state index in [-0.39, 0.29) is 5.91 Å². The van der Waals surface area contributed by atoms with Gasteiger partial charge in [-0.05, 0) is 30.7 Å². The molecular weight excluding hydrogens is 386 g/mol. The number of fused-ring (bicyclic) bond motifs is 3. The number of anilines is 1. The Morgan fingerprint density at radius 3 is 2.76 bits per heavy atom. The Balaban J connectivity index is 1.27. The Bertz CT molecular complexity index is 887. The predicted molar refractivity (Wildman–Crippen MR) is 115 cm³/mol. The topological polar surface area (TPSA) is 61.8 Å². The highest BCUT2D eigenvalue weighted by molar-refractivity contribution is 7.19. The number of rotatable bonds is 3. The molecule has 1 aliphatic carbocycles. The van der Waals surface area contributed by atoms with Gasteiger partial charge in [-0.25, -0.2) is 9.97 Å². The summed E-state index contributed by atoms with van der Waals surface area (Å²) in [4.78, 5) is 31.1. The monoisotopic (exact) mass is 415 g/mol. The van der Waals surface area contributed by atoms with Crippen LogP contribution in [0.25, 0.3) is 10.2 Å². The van der Waals surface area contributed by atoms with Crippen LogP contribution in [0.2, 0.25) is 0 Å². The summed E-state index contributed by atoms with van der Waals surface area (Å²) in [7, 11) is 0. The number of hydrogen-bond donors (Lipinski definition) is 0. The van der Waals surface area contributed by atoms with E-state index in [9.17, 15) is 4.79 Å². The zero-order valence-corrected chi connectivity index (χ0v) is 17.9. The third-order valence-corrected chi connectivity index (χ3v) is 7.63. The van der Waals surface area contributed by atoms with Crippen LogP contribution in [0.5, 0.6) is 0 Å². The van der Waals surface area contributed by atoms with Crippen LogP contribution in [-0.2, 0) is 22.4 Å². The third-order valence-electron chi connectivity index (χ3n) is 6.47. The average Bonchev–Trinajstić information content (AvgIpc) is 3.12.